The maximum absolute atomic E-state index is 4.86. The Hall–Kier alpha value is -2.72. The Labute approximate surface area is 159 Å². The van der Waals surface area contributed by atoms with E-state index in [9.17, 15) is 0 Å². The molecule has 0 radical (unpaired) electrons. The zero-order chi connectivity index (χ0) is 18.2. The van der Waals surface area contributed by atoms with Gasteiger partial charge in [0.1, 0.15) is 5.82 Å². The summed E-state index contributed by atoms with van der Waals surface area (Å²) < 4.78 is 0. The normalized spacial score (nSPS) is 17.9. The van der Waals surface area contributed by atoms with E-state index in [1.807, 2.05) is 12.3 Å². The van der Waals surface area contributed by atoms with Crippen LogP contribution in [0.3, 0.4) is 0 Å². The molecule has 136 valence electrons. The van der Waals surface area contributed by atoms with Crippen LogP contribution in [0.1, 0.15) is 25.6 Å². The molecule has 0 aliphatic carbocycles. The standard InChI is InChI=1S/C23H24N4/c1-16-5-4-13-27(16)14-11-22-25-20-10-9-18(15-21(20)26-22)19-8-2-6-17-7-3-12-24-23(17)19/h2-3,6-10,12,15-16H,4-5,11,13-14H2,1H3,(H,25,26)/t16-/m1/s1. The van der Waals surface area contributed by atoms with Crippen molar-refractivity contribution >= 4 is 21.9 Å². The maximum atomic E-state index is 4.86. The molecular weight excluding hydrogens is 332 g/mol. The van der Waals surface area contributed by atoms with Gasteiger partial charge in [0, 0.05) is 36.2 Å². The van der Waals surface area contributed by atoms with E-state index in [0.29, 0.717) is 6.04 Å². The Bertz CT molecular complexity index is 1090. The highest BCUT2D eigenvalue weighted by Gasteiger charge is 2.20. The third-order valence-electron chi connectivity index (χ3n) is 5.80. The average Bonchev–Trinajstić information content (AvgIpc) is 3.30. The number of rotatable bonds is 4. The van der Waals surface area contributed by atoms with Gasteiger partial charge in [0.15, 0.2) is 0 Å². The van der Waals surface area contributed by atoms with Gasteiger partial charge in [-0.15, -0.1) is 0 Å². The fourth-order valence-electron chi connectivity index (χ4n) is 4.26. The lowest BCUT2D eigenvalue weighted by atomic mass is 10.0. The molecule has 0 spiro atoms. The van der Waals surface area contributed by atoms with Crippen molar-refractivity contribution < 1.29 is 0 Å². The summed E-state index contributed by atoms with van der Waals surface area (Å²) in [5.74, 6) is 1.08. The molecule has 3 heterocycles. The van der Waals surface area contributed by atoms with Gasteiger partial charge in [0.05, 0.1) is 16.6 Å². The Balaban J connectivity index is 1.45. The van der Waals surface area contributed by atoms with Gasteiger partial charge >= 0.3 is 0 Å². The first-order chi connectivity index (χ1) is 13.3. The molecule has 2 aromatic heterocycles. The number of fused-ring (bicyclic) bond motifs is 2. The van der Waals surface area contributed by atoms with Crippen LogP contribution in [0.5, 0.6) is 0 Å². The number of aromatic nitrogens is 3. The van der Waals surface area contributed by atoms with E-state index in [2.05, 4.69) is 64.3 Å². The van der Waals surface area contributed by atoms with E-state index >= 15 is 0 Å². The number of H-pyrrole nitrogens is 1. The van der Waals surface area contributed by atoms with Crippen LogP contribution < -0.4 is 0 Å². The van der Waals surface area contributed by atoms with Gasteiger partial charge in [0.2, 0.25) is 0 Å². The van der Waals surface area contributed by atoms with Crippen LogP contribution in [-0.2, 0) is 6.42 Å². The summed E-state index contributed by atoms with van der Waals surface area (Å²) in [5, 5.41) is 1.16. The minimum absolute atomic E-state index is 0.708. The van der Waals surface area contributed by atoms with E-state index in [0.717, 1.165) is 51.9 Å². The molecule has 1 atom stereocenters. The fraction of sp³-hybridized carbons (Fsp3) is 0.304. The molecular formula is C23H24N4. The lowest BCUT2D eigenvalue weighted by Gasteiger charge is -2.19. The van der Waals surface area contributed by atoms with Crippen LogP contribution >= 0.6 is 0 Å². The molecule has 0 saturated carbocycles. The van der Waals surface area contributed by atoms with Crippen molar-refractivity contribution in [3.05, 3.63) is 60.6 Å². The number of likely N-dealkylation sites (tertiary alicyclic amines) is 1. The zero-order valence-corrected chi connectivity index (χ0v) is 15.7. The second-order valence-electron chi connectivity index (χ2n) is 7.57. The van der Waals surface area contributed by atoms with Gasteiger partial charge in [0.25, 0.3) is 0 Å². The van der Waals surface area contributed by atoms with Crippen molar-refractivity contribution in [3.8, 4) is 11.1 Å². The van der Waals surface area contributed by atoms with Crippen LogP contribution in [-0.4, -0.2) is 39.0 Å². The Morgan fingerprint density at radius 2 is 2.07 bits per heavy atom. The van der Waals surface area contributed by atoms with Crippen molar-refractivity contribution in [1.82, 2.24) is 19.9 Å². The summed E-state index contributed by atoms with van der Waals surface area (Å²) in [4.78, 5) is 15.5. The van der Waals surface area contributed by atoms with Crippen molar-refractivity contribution in [2.75, 3.05) is 13.1 Å². The molecule has 2 aromatic carbocycles. The summed E-state index contributed by atoms with van der Waals surface area (Å²) in [6, 6.07) is 17.6. The minimum atomic E-state index is 0.708. The highest BCUT2D eigenvalue weighted by atomic mass is 15.2. The summed E-state index contributed by atoms with van der Waals surface area (Å²) in [7, 11) is 0. The van der Waals surface area contributed by atoms with E-state index < -0.39 is 0 Å². The Kier molecular flexibility index (Phi) is 4.13. The van der Waals surface area contributed by atoms with Gasteiger partial charge in [-0.1, -0.05) is 30.3 Å². The molecule has 0 unspecified atom stereocenters. The first-order valence-corrected chi connectivity index (χ1v) is 9.85. The summed E-state index contributed by atoms with van der Waals surface area (Å²) in [6.45, 7) is 4.64. The fourth-order valence-corrected chi connectivity index (χ4v) is 4.26. The molecule has 1 aliphatic heterocycles. The number of nitrogens with zero attached hydrogens (tertiary/aromatic N) is 3. The summed E-state index contributed by atoms with van der Waals surface area (Å²) in [5.41, 5.74) is 5.50. The van der Waals surface area contributed by atoms with Crippen LogP contribution in [0.15, 0.2) is 54.7 Å². The molecule has 0 bridgehead atoms. The molecule has 4 aromatic rings. The molecule has 4 nitrogen and oxygen atoms in total. The lowest BCUT2D eigenvalue weighted by Crippen LogP contribution is -2.29. The van der Waals surface area contributed by atoms with E-state index in [-0.39, 0.29) is 0 Å². The van der Waals surface area contributed by atoms with Gasteiger partial charge < -0.3 is 9.88 Å². The summed E-state index contributed by atoms with van der Waals surface area (Å²) in [6.07, 6.45) is 5.48. The van der Waals surface area contributed by atoms with Crippen LogP contribution in [0.4, 0.5) is 0 Å². The predicted octanol–water partition coefficient (Wildman–Crippen LogP) is 4.80. The quantitative estimate of drug-likeness (QED) is 0.571. The Morgan fingerprint density at radius 1 is 1.15 bits per heavy atom. The molecule has 1 saturated heterocycles. The van der Waals surface area contributed by atoms with E-state index in [4.69, 9.17) is 4.98 Å². The van der Waals surface area contributed by atoms with Crippen molar-refractivity contribution in [3.63, 3.8) is 0 Å². The number of hydrogen-bond acceptors (Lipinski definition) is 3. The van der Waals surface area contributed by atoms with Crippen LogP contribution in [0, 0.1) is 0 Å². The molecule has 4 heteroatoms. The number of hydrogen-bond donors (Lipinski definition) is 1. The number of pyridine rings is 1. The largest absolute Gasteiger partial charge is 0.342 e. The first kappa shape index (κ1) is 16.5. The smallest absolute Gasteiger partial charge is 0.108 e. The van der Waals surface area contributed by atoms with Gasteiger partial charge in [-0.3, -0.25) is 4.98 Å². The SMILES string of the molecule is C[C@@H]1CCCN1CCc1nc2cc(-c3cccc4cccnc34)ccc2[nH]1. The molecule has 5 rings (SSSR count). The second kappa shape index (κ2) is 6.78. The number of benzene rings is 2. The Morgan fingerprint density at radius 3 is 2.96 bits per heavy atom. The van der Waals surface area contributed by atoms with Crippen LogP contribution in [0.25, 0.3) is 33.1 Å². The number of nitrogens with one attached hydrogen (secondary N) is 1. The maximum Gasteiger partial charge on any atom is 0.108 e. The minimum Gasteiger partial charge on any atom is -0.342 e. The topological polar surface area (TPSA) is 44.8 Å². The second-order valence-corrected chi connectivity index (χ2v) is 7.57. The van der Waals surface area contributed by atoms with Crippen molar-refractivity contribution in [2.24, 2.45) is 0 Å². The van der Waals surface area contributed by atoms with Crippen LogP contribution in [0.2, 0.25) is 0 Å². The van der Waals surface area contributed by atoms with Gasteiger partial charge in [-0.05, 0) is 50.1 Å². The van der Waals surface area contributed by atoms with Crippen molar-refractivity contribution in [1.29, 1.82) is 0 Å². The van der Waals surface area contributed by atoms with Crippen molar-refractivity contribution in [2.45, 2.75) is 32.2 Å². The lowest BCUT2D eigenvalue weighted by molar-refractivity contribution is 0.271. The number of imidazole rings is 1. The molecule has 27 heavy (non-hydrogen) atoms. The number of para-hydroxylation sites is 1. The highest BCUT2D eigenvalue weighted by Crippen LogP contribution is 2.29. The van der Waals surface area contributed by atoms with E-state index in [1.165, 1.54) is 19.4 Å². The average molecular weight is 356 g/mol. The predicted molar refractivity (Wildman–Crippen MR) is 111 cm³/mol. The molecule has 1 fully saturated rings. The monoisotopic (exact) mass is 356 g/mol. The molecule has 1 aliphatic rings. The zero-order valence-electron chi connectivity index (χ0n) is 15.7. The first-order valence-electron chi connectivity index (χ1n) is 9.85. The highest BCUT2D eigenvalue weighted by molar-refractivity contribution is 5.95. The van der Waals surface area contributed by atoms with Gasteiger partial charge in [-0.2, -0.15) is 0 Å². The van der Waals surface area contributed by atoms with Gasteiger partial charge in [-0.25, -0.2) is 4.98 Å². The van der Waals surface area contributed by atoms with E-state index in [1.54, 1.807) is 0 Å². The summed E-state index contributed by atoms with van der Waals surface area (Å²) >= 11 is 0. The number of aromatic amines is 1. The third-order valence-corrected chi connectivity index (χ3v) is 5.80. The third kappa shape index (κ3) is 3.10. The molecule has 0 amide bonds. The molecule has 1 N–H and O–H groups in total.